The molecule has 2 aliphatic heterocycles. The minimum Gasteiger partial charge on any atom is -0.375 e. The molecule has 0 unspecified atom stereocenters. The van der Waals surface area contributed by atoms with Crippen LogP contribution in [-0.4, -0.2) is 36.1 Å². The highest BCUT2D eigenvalue weighted by Crippen LogP contribution is 2.27. The Hall–Kier alpha value is -2.29. The monoisotopic (exact) mass is 403 g/mol. The van der Waals surface area contributed by atoms with Crippen molar-refractivity contribution < 1.29 is 0 Å². The summed E-state index contributed by atoms with van der Waals surface area (Å²) >= 11 is 0. The topological polar surface area (TPSA) is 19.4 Å². The molecule has 2 aliphatic rings. The van der Waals surface area contributed by atoms with Gasteiger partial charge in [-0.1, -0.05) is 37.8 Å². The van der Waals surface area contributed by atoms with Gasteiger partial charge in [0.2, 0.25) is 0 Å². The highest BCUT2D eigenvalue weighted by atomic mass is 15.2. The molecule has 3 heterocycles. The molecule has 160 valence electrons. The second-order valence-corrected chi connectivity index (χ2v) is 9.21. The fourth-order valence-corrected chi connectivity index (χ4v) is 4.91. The third kappa shape index (κ3) is 5.06. The Morgan fingerprint density at radius 3 is 2.33 bits per heavy atom. The lowest BCUT2D eigenvalue weighted by Crippen LogP contribution is -2.34. The highest BCUT2D eigenvalue weighted by Gasteiger charge is 2.22. The molecule has 0 radical (unpaired) electrons. The number of hydrogen-bond donors (Lipinski definition) is 0. The van der Waals surface area contributed by atoms with Crippen LogP contribution < -0.4 is 4.90 Å². The number of rotatable bonds is 7. The SMILES string of the molecule is C=C(Cc1ccc(CC)cc1)N1CCC(Cc2cnc(N3CCCC3)cc2C)CC1. The average Bonchev–Trinajstić information content (AvgIpc) is 3.31. The third-order valence-corrected chi connectivity index (χ3v) is 7.04. The van der Waals surface area contributed by atoms with Crippen LogP contribution in [0.15, 0.2) is 48.8 Å². The van der Waals surface area contributed by atoms with Crippen molar-refractivity contribution in [2.24, 2.45) is 5.92 Å². The van der Waals surface area contributed by atoms with Gasteiger partial charge in [-0.2, -0.15) is 0 Å². The van der Waals surface area contributed by atoms with E-state index in [1.807, 2.05) is 0 Å². The molecule has 0 amide bonds. The molecule has 0 atom stereocenters. The highest BCUT2D eigenvalue weighted by molar-refractivity contribution is 5.44. The Labute approximate surface area is 182 Å². The molecule has 2 aromatic rings. The molecule has 4 rings (SSSR count). The Morgan fingerprint density at radius 2 is 1.70 bits per heavy atom. The second-order valence-electron chi connectivity index (χ2n) is 9.21. The van der Waals surface area contributed by atoms with E-state index in [4.69, 9.17) is 4.98 Å². The summed E-state index contributed by atoms with van der Waals surface area (Å²) in [5, 5.41) is 0. The number of anilines is 1. The standard InChI is InChI=1S/C27H37N3/c1-4-23-7-9-24(10-8-23)18-22(3)29-15-11-25(12-16-29)19-26-20-28-27(17-21(26)2)30-13-5-6-14-30/h7-10,17,20,25H,3-6,11-16,18-19H2,1-2H3. The minimum atomic E-state index is 0.760. The molecule has 0 saturated carbocycles. The van der Waals surface area contributed by atoms with Gasteiger partial charge < -0.3 is 9.80 Å². The summed E-state index contributed by atoms with van der Waals surface area (Å²) in [5.41, 5.74) is 6.90. The van der Waals surface area contributed by atoms with Crippen molar-refractivity contribution in [2.75, 3.05) is 31.1 Å². The molecule has 1 aromatic carbocycles. The molecule has 0 N–H and O–H groups in total. The summed E-state index contributed by atoms with van der Waals surface area (Å²) < 4.78 is 0. The van der Waals surface area contributed by atoms with Gasteiger partial charge in [0.1, 0.15) is 5.82 Å². The van der Waals surface area contributed by atoms with Crippen LogP contribution in [0.3, 0.4) is 0 Å². The summed E-state index contributed by atoms with van der Waals surface area (Å²) in [5.74, 6) is 1.93. The van der Waals surface area contributed by atoms with E-state index in [-0.39, 0.29) is 0 Å². The lowest BCUT2D eigenvalue weighted by Gasteiger charge is -2.35. The first-order valence-corrected chi connectivity index (χ1v) is 11.8. The Kier molecular flexibility index (Phi) is 6.76. The first kappa shape index (κ1) is 21.0. The zero-order valence-electron chi connectivity index (χ0n) is 18.9. The first-order valence-electron chi connectivity index (χ1n) is 11.8. The zero-order chi connectivity index (χ0) is 20.9. The number of likely N-dealkylation sites (tertiary alicyclic amines) is 1. The van der Waals surface area contributed by atoms with Gasteiger partial charge in [0, 0.05) is 44.5 Å². The molecule has 0 bridgehead atoms. The number of benzene rings is 1. The average molecular weight is 404 g/mol. The van der Waals surface area contributed by atoms with E-state index < -0.39 is 0 Å². The maximum atomic E-state index is 4.79. The van der Waals surface area contributed by atoms with Crippen LogP contribution in [0.5, 0.6) is 0 Å². The van der Waals surface area contributed by atoms with Gasteiger partial charge in [-0.3, -0.25) is 0 Å². The predicted octanol–water partition coefficient (Wildman–Crippen LogP) is 5.56. The van der Waals surface area contributed by atoms with Crippen LogP contribution in [0.2, 0.25) is 0 Å². The van der Waals surface area contributed by atoms with E-state index >= 15 is 0 Å². The van der Waals surface area contributed by atoms with Crippen LogP contribution in [0.4, 0.5) is 5.82 Å². The zero-order valence-corrected chi connectivity index (χ0v) is 18.9. The Balaban J connectivity index is 1.27. The van der Waals surface area contributed by atoms with Crippen molar-refractivity contribution in [3.63, 3.8) is 0 Å². The van der Waals surface area contributed by atoms with Crippen LogP contribution in [0, 0.1) is 12.8 Å². The Bertz CT molecular complexity index is 841. The van der Waals surface area contributed by atoms with Crippen molar-refractivity contribution in [3.05, 3.63) is 71.1 Å². The maximum Gasteiger partial charge on any atom is 0.128 e. The largest absolute Gasteiger partial charge is 0.375 e. The quantitative estimate of drug-likeness (QED) is 0.603. The lowest BCUT2D eigenvalue weighted by atomic mass is 9.89. The fourth-order valence-electron chi connectivity index (χ4n) is 4.91. The smallest absolute Gasteiger partial charge is 0.128 e. The minimum absolute atomic E-state index is 0.760. The van der Waals surface area contributed by atoms with Gasteiger partial charge >= 0.3 is 0 Å². The number of piperidine rings is 1. The summed E-state index contributed by atoms with van der Waals surface area (Å²) in [7, 11) is 0. The second kappa shape index (κ2) is 9.68. The van der Waals surface area contributed by atoms with E-state index in [1.165, 1.54) is 59.5 Å². The molecule has 2 fully saturated rings. The van der Waals surface area contributed by atoms with E-state index in [0.717, 1.165) is 51.4 Å². The number of allylic oxidation sites excluding steroid dienone is 1. The van der Waals surface area contributed by atoms with Crippen LogP contribution in [0.25, 0.3) is 0 Å². The van der Waals surface area contributed by atoms with Crippen LogP contribution in [-0.2, 0) is 19.3 Å². The number of aromatic nitrogens is 1. The number of aryl methyl sites for hydroxylation is 2. The van der Waals surface area contributed by atoms with E-state index in [2.05, 4.69) is 66.8 Å². The van der Waals surface area contributed by atoms with Gasteiger partial charge in [-0.05, 0) is 79.7 Å². The molecule has 2 saturated heterocycles. The summed E-state index contributed by atoms with van der Waals surface area (Å²) in [4.78, 5) is 9.72. The van der Waals surface area contributed by atoms with Gasteiger partial charge in [-0.15, -0.1) is 0 Å². The molecule has 30 heavy (non-hydrogen) atoms. The first-order chi connectivity index (χ1) is 14.6. The summed E-state index contributed by atoms with van der Waals surface area (Å²) in [6.45, 7) is 13.5. The van der Waals surface area contributed by atoms with Gasteiger partial charge in [0.25, 0.3) is 0 Å². The predicted molar refractivity (Wildman–Crippen MR) is 127 cm³/mol. The van der Waals surface area contributed by atoms with Crippen LogP contribution >= 0.6 is 0 Å². The normalized spacial score (nSPS) is 17.5. The number of nitrogens with zero attached hydrogens (tertiary/aromatic N) is 3. The third-order valence-electron chi connectivity index (χ3n) is 7.04. The van der Waals surface area contributed by atoms with Gasteiger partial charge in [0.15, 0.2) is 0 Å². The molecule has 3 heteroatoms. The fraction of sp³-hybridized carbons (Fsp3) is 0.519. The van der Waals surface area contributed by atoms with Crippen molar-refractivity contribution in [3.8, 4) is 0 Å². The molecule has 0 spiro atoms. The molecular formula is C27H37N3. The molecule has 0 aliphatic carbocycles. The van der Waals surface area contributed by atoms with Crippen molar-refractivity contribution in [1.82, 2.24) is 9.88 Å². The van der Waals surface area contributed by atoms with E-state index in [1.54, 1.807) is 0 Å². The maximum absolute atomic E-state index is 4.79. The Morgan fingerprint density at radius 1 is 1.03 bits per heavy atom. The number of pyridine rings is 1. The van der Waals surface area contributed by atoms with Crippen molar-refractivity contribution in [1.29, 1.82) is 0 Å². The summed E-state index contributed by atoms with van der Waals surface area (Å²) in [6, 6.07) is 11.3. The van der Waals surface area contributed by atoms with Crippen molar-refractivity contribution >= 4 is 5.82 Å². The molecular weight excluding hydrogens is 366 g/mol. The molecule has 1 aromatic heterocycles. The van der Waals surface area contributed by atoms with Gasteiger partial charge in [0.05, 0.1) is 0 Å². The lowest BCUT2D eigenvalue weighted by molar-refractivity contribution is 0.223. The van der Waals surface area contributed by atoms with Gasteiger partial charge in [-0.25, -0.2) is 4.98 Å². The number of hydrogen-bond acceptors (Lipinski definition) is 3. The van der Waals surface area contributed by atoms with E-state index in [9.17, 15) is 0 Å². The summed E-state index contributed by atoms with van der Waals surface area (Å²) in [6.07, 6.45) is 10.5. The molecule has 3 nitrogen and oxygen atoms in total. The van der Waals surface area contributed by atoms with E-state index in [0.29, 0.717) is 0 Å². The van der Waals surface area contributed by atoms with Crippen LogP contribution in [0.1, 0.15) is 54.9 Å². The van der Waals surface area contributed by atoms with Crippen molar-refractivity contribution in [2.45, 2.75) is 58.8 Å².